The summed E-state index contributed by atoms with van der Waals surface area (Å²) in [7, 11) is 0. The zero-order chi connectivity index (χ0) is 16.4. The van der Waals surface area contributed by atoms with Crippen LogP contribution in [0.1, 0.15) is 19.8 Å². The summed E-state index contributed by atoms with van der Waals surface area (Å²) in [5.41, 5.74) is -2.66. The van der Waals surface area contributed by atoms with E-state index in [-0.39, 0.29) is 19.0 Å². The Morgan fingerprint density at radius 1 is 1.36 bits per heavy atom. The number of carbonyl (C=O) groups is 1. The molecule has 122 valence electrons. The summed E-state index contributed by atoms with van der Waals surface area (Å²) in [6.07, 6.45) is -2.61. The lowest BCUT2D eigenvalue weighted by Gasteiger charge is -2.40. The van der Waals surface area contributed by atoms with Crippen LogP contribution in [0.25, 0.3) is 0 Å². The molecule has 0 spiro atoms. The van der Waals surface area contributed by atoms with Gasteiger partial charge in [-0.05, 0) is 25.8 Å². The molecule has 2 heterocycles. The molecule has 0 aromatic carbocycles. The van der Waals surface area contributed by atoms with Gasteiger partial charge in [0.15, 0.2) is 5.60 Å². The summed E-state index contributed by atoms with van der Waals surface area (Å²) in [6, 6.07) is 0.961. The molecule has 0 radical (unpaired) electrons. The van der Waals surface area contributed by atoms with Gasteiger partial charge in [-0.2, -0.15) is 13.2 Å². The van der Waals surface area contributed by atoms with E-state index in [9.17, 15) is 23.1 Å². The van der Waals surface area contributed by atoms with Crippen LogP contribution in [0.15, 0.2) is 18.5 Å². The van der Waals surface area contributed by atoms with Crippen molar-refractivity contribution >= 4 is 11.9 Å². The Kier molecular flexibility index (Phi) is 4.66. The van der Waals surface area contributed by atoms with Crippen molar-refractivity contribution in [2.45, 2.75) is 37.6 Å². The highest BCUT2D eigenvalue weighted by Gasteiger charge is 2.54. The maximum atomic E-state index is 12.7. The minimum absolute atomic E-state index is 0.0136. The smallest absolute Gasteiger partial charge is 0.380 e. The van der Waals surface area contributed by atoms with E-state index >= 15 is 0 Å². The van der Waals surface area contributed by atoms with E-state index in [1.54, 1.807) is 17.9 Å². The quantitative estimate of drug-likeness (QED) is 0.875. The Morgan fingerprint density at radius 3 is 2.41 bits per heavy atom. The van der Waals surface area contributed by atoms with Crippen LogP contribution in [0.2, 0.25) is 0 Å². The Labute approximate surface area is 125 Å². The standard InChI is InChI=1S/C13H17F3N4O2/c1-9(10(21)19-11-17-5-2-6-18-11)20-7-3-12(22,4-8-20)13(14,15)16/h2,5-6,9,22H,3-4,7-8H2,1H3,(H,17,18,19,21). The van der Waals surface area contributed by atoms with E-state index < -0.39 is 36.6 Å². The van der Waals surface area contributed by atoms with E-state index in [1.807, 2.05) is 0 Å². The molecule has 1 fully saturated rings. The first-order valence-corrected chi connectivity index (χ1v) is 6.84. The highest BCUT2D eigenvalue weighted by Crippen LogP contribution is 2.38. The van der Waals surface area contributed by atoms with Crippen LogP contribution in [0.4, 0.5) is 19.1 Å². The van der Waals surface area contributed by atoms with Crippen molar-refractivity contribution in [2.75, 3.05) is 18.4 Å². The van der Waals surface area contributed by atoms with Gasteiger partial charge in [0.25, 0.3) is 0 Å². The molecule has 2 rings (SSSR count). The predicted octanol–water partition coefficient (Wildman–Crippen LogP) is 1.19. The number of aliphatic hydroxyl groups is 1. The number of carbonyl (C=O) groups excluding carboxylic acids is 1. The van der Waals surface area contributed by atoms with Crippen LogP contribution >= 0.6 is 0 Å². The molecule has 6 nitrogen and oxygen atoms in total. The molecule has 0 bridgehead atoms. The van der Waals surface area contributed by atoms with Crippen LogP contribution in [-0.4, -0.2) is 56.8 Å². The number of nitrogens with one attached hydrogen (secondary N) is 1. The van der Waals surface area contributed by atoms with Gasteiger partial charge >= 0.3 is 6.18 Å². The Balaban J connectivity index is 1.92. The summed E-state index contributed by atoms with van der Waals surface area (Å²) in [5, 5.41) is 12.1. The third-order valence-corrected chi connectivity index (χ3v) is 3.88. The monoisotopic (exact) mass is 318 g/mol. The zero-order valence-corrected chi connectivity index (χ0v) is 12.0. The molecule has 1 aliphatic heterocycles. The molecule has 1 unspecified atom stereocenters. The second-order valence-corrected chi connectivity index (χ2v) is 5.30. The molecule has 1 saturated heterocycles. The van der Waals surface area contributed by atoms with Gasteiger partial charge in [0.05, 0.1) is 6.04 Å². The van der Waals surface area contributed by atoms with Crippen molar-refractivity contribution in [1.82, 2.24) is 14.9 Å². The number of piperidine rings is 1. The summed E-state index contributed by atoms with van der Waals surface area (Å²) < 4.78 is 38.2. The first-order chi connectivity index (χ1) is 10.2. The summed E-state index contributed by atoms with van der Waals surface area (Å²) in [5.74, 6) is -0.258. The van der Waals surface area contributed by atoms with Crippen molar-refractivity contribution < 1.29 is 23.1 Å². The number of halogens is 3. The van der Waals surface area contributed by atoms with Crippen molar-refractivity contribution in [3.63, 3.8) is 0 Å². The summed E-state index contributed by atoms with van der Waals surface area (Å²) >= 11 is 0. The molecular weight excluding hydrogens is 301 g/mol. The number of likely N-dealkylation sites (tertiary alicyclic amines) is 1. The minimum atomic E-state index is -4.65. The fourth-order valence-electron chi connectivity index (χ4n) is 2.31. The summed E-state index contributed by atoms with van der Waals surface area (Å²) in [4.78, 5) is 21.4. The number of alkyl halides is 3. The van der Waals surface area contributed by atoms with Gasteiger partial charge in [-0.25, -0.2) is 9.97 Å². The van der Waals surface area contributed by atoms with Gasteiger partial charge in [-0.15, -0.1) is 0 Å². The molecule has 1 amide bonds. The second kappa shape index (κ2) is 6.17. The number of rotatable bonds is 3. The Hall–Kier alpha value is -1.74. The predicted molar refractivity (Wildman–Crippen MR) is 71.9 cm³/mol. The fourth-order valence-corrected chi connectivity index (χ4v) is 2.31. The van der Waals surface area contributed by atoms with Crippen molar-refractivity contribution in [2.24, 2.45) is 0 Å². The van der Waals surface area contributed by atoms with Gasteiger partial charge in [0, 0.05) is 25.5 Å². The zero-order valence-electron chi connectivity index (χ0n) is 12.0. The van der Waals surface area contributed by atoms with E-state index in [2.05, 4.69) is 15.3 Å². The van der Waals surface area contributed by atoms with Gasteiger partial charge < -0.3 is 5.11 Å². The van der Waals surface area contributed by atoms with Gasteiger partial charge in [-0.1, -0.05) is 0 Å². The molecule has 0 aliphatic carbocycles. The molecule has 1 aromatic rings. The molecule has 1 aromatic heterocycles. The number of hydrogen-bond acceptors (Lipinski definition) is 5. The fraction of sp³-hybridized carbons (Fsp3) is 0.615. The maximum Gasteiger partial charge on any atom is 0.417 e. The SMILES string of the molecule is CC(C(=O)Nc1ncccn1)N1CCC(O)(C(F)(F)F)CC1. The van der Waals surface area contributed by atoms with Gasteiger partial charge in [0.1, 0.15) is 0 Å². The number of hydrogen-bond donors (Lipinski definition) is 2. The van der Waals surface area contributed by atoms with Crippen LogP contribution in [0, 0.1) is 0 Å². The number of anilines is 1. The highest BCUT2D eigenvalue weighted by atomic mass is 19.4. The van der Waals surface area contributed by atoms with Gasteiger partial charge in [0.2, 0.25) is 11.9 Å². The normalized spacial score (nSPS) is 20.4. The molecule has 2 N–H and O–H groups in total. The van der Waals surface area contributed by atoms with Crippen molar-refractivity contribution in [1.29, 1.82) is 0 Å². The lowest BCUT2D eigenvalue weighted by Crippen LogP contribution is -2.56. The van der Waals surface area contributed by atoms with Crippen LogP contribution in [-0.2, 0) is 4.79 Å². The van der Waals surface area contributed by atoms with E-state index in [0.29, 0.717) is 0 Å². The van der Waals surface area contributed by atoms with Crippen LogP contribution in [0.5, 0.6) is 0 Å². The Bertz CT molecular complexity index is 516. The number of nitrogens with zero attached hydrogens (tertiary/aromatic N) is 3. The third-order valence-electron chi connectivity index (χ3n) is 3.88. The number of aromatic nitrogens is 2. The first-order valence-electron chi connectivity index (χ1n) is 6.84. The van der Waals surface area contributed by atoms with E-state index in [1.165, 1.54) is 12.4 Å². The highest BCUT2D eigenvalue weighted by molar-refractivity contribution is 5.93. The lowest BCUT2D eigenvalue weighted by atomic mass is 9.90. The molecule has 1 atom stereocenters. The van der Waals surface area contributed by atoms with Crippen molar-refractivity contribution in [3.8, 4) is 0 Å². The van der Waals surface area contributed by atoms with E-state index in [0.717, 1.165) is 0 Å². The van der Waals surface area contributed by atoms with Crippen LogP contribution < -0.4 is 5.32 Å². The van der Waals surface area contributed by atoms with E-state index in [4.69, 9.17) is 0 Å². The number of amides is 1. The third kappa shape index (κ3) is 3.53. The molecule has 1 aliphatic rings. The topological polar surface area (TPSA) is 78.4 Å². The molecule has 0 saturated carbocycles. The average molecular weight is 318 g/mol. The van der Waals surface area contributed by atoms with Crippen molar-refractivity contribution in [3.05, 3.63) is 18.5 Å². The maximum absolute atomic E-state index is 12.7. The average Bonchev–Trinajstić information content (AvgIpc) is 2.47. The van der Waals surface area contributed by atoms with Crippen LogP contribution in [0.3, 0.4) is 0 Å². The summed E-state index contributed by atoms with van der Waals surface area (Å²) in [6.45, 7) is 1.57. The molecule has 9 heteroatoms. The van der Waals surface area contributed by atoms with Gasteiger partial charge in [-0.3, -0.25) is 15.0 Å². The first kappa shape index (κ1) is 16.6. The minimum Gasteiger partial charge on any atom is -0.380 e. The molecular formula is C13H17F3N4O2. The lowest BCUT2D eigenvalue weighted by molar-refractivity contribution is -0.273. The molecule has 22 heavy (non-hydrogen) atoms. The largest absolute Gasteiger partial charge is 0.417 e. The Morgan fingerprint density at radius 2 is 1.91 bits per heavy atom. The second-order valence-electron chi connectivity index (χ2n) is 5.30.